The van der Waals surface area contributed by atoms with E-state index in [9.17, 15) is 9.59 Å². The first kappa shape index (κ1) is 24.2. The third-order valence-corrected chi connectivity index (χ3v) is 4.56. The summed E-state index contributed by atoms with van der Waals surface area (Å²) >= 11 is 6.16. The van der Waals surface area contributed by atoms with Gasteiger partial charge in [-0.25, -0.2) is 14.6 Å². The molecule has 1 atom stereocenters. The van der Waals surface area contributed by atoms with Gasteiger partial charge in [-0.05, 0) is 50.6 Å². The van der Waals surface area contributed by atoms with Crippen LogP contribution in [0.2, 0.25) is 5.02 Å². The van der Waals surface area contributed by atoms with Crippen molar-refractivity contribution in [2.45, 2.75) is 19.8 Å². The first-order valence-corrected chi connectivity index (χ1v) is 10.1. The molecule has 1 aromatic carbocycles. The molecule has 1 aromatic heterocycles. The molecule has 2 heterocycles. The molecule has 1 aliphatic heterocycles. The fraction of sp³-hybridized carbons (Fsp3) is 0.318. The Bertz CT molecular complexity index is 897. The summed E-state index contributed by atoms with van der Waals surface area (Å²) in [5, 5.41) is 19.6. The Balaban J connectivity index is 0.000000366. The van der Waals surface area contributed by atoms with Crippen molar-refractivity contribution < 1.29 is 29.3 Å². The number of hydrogen-bond donors (Lipinski definition) is 3. The van der Waals surface area contributed by atoms with Gasteiger partial charge in [-0.15, -0.1) is 0 Å². The van der Waals surface area contributed by atoms with Crippen molar-refractivity contribution in [1.82, 2.24) is 10.3 Å². The summed E-state index contributed by atoms with van der Waals surface area (Å²) in [6.45, 7) is 4.69. The number of carboxylic acid groups (broad SMARTS) is 2. The number of nitrogens with one attached hydrogen (secondary N) is 1. The van der Waals surface area contributed by atoms with E-state index in [2.05, 4.69) is 10.3 Å². The van der Waals surface area contributed by atoms with Gasteiger partial charge < -0.3 is 25.0 Å². The van der Waals surface area contributed by atoms with E-state index in [1.54, 1.807) is 6.07 Å². The number of aryl methyl sites for hydroxylation is 1. The standard InChI is InChI=1S/C18H21ClN2O2.C4H4O4/c1-13-8-9-17(22-12-14-5-4-10-20-11-14)18(21-13)23-16-7-3-2-6-15(16)19;5-3(6)1-2-4(7)8/h2-3,6-9,14,20H,4-5,10-12H2,1H3;1-2H,(H,5,6)(H,7,8)/b;2-1+/t14-;/m0./s1. The molecule has 31 heavy (non-hydrogen) atoms. The molecule has 0 spiro atoms. The summed E-state index contributed by atoms with van der Waals surface area (Å²) in [5.41, 5.74) is 0.874. The molecule has 9 heteroatoms. The summed E-state index contributed by atoms with van der Waals surface area (Å²) in [7, 11) is 0. The maximum absolute atomic E-state index is 9.55. The van der Waals surface area contributed by atoms with Gasteiger partial charge in [0.05, 0.1) is 11.6 Å². The maximum atomic E-state index is 9.55. The highest BCUT2D eigenvalue weighted by Crippen LogP contribution is 2.33. The van der Waals surface area contributed by atoms with E-state index in [1.807, 2.05) is 37.3 Å². The molecule has 0 amide bonds. The number of rotatable bonds is 7. The first-order valence-electron chi connectivity index (χ1n) is 9.72. The maximum Gasteiger partial charge on any atom is 0.328 e. The Morgan fingerprint density at radius 3 is 2.48 bits per heavy atom. The number of carbonyl (C=O) groups is 2. The SMILES string of the molecule is Cc1ccc(OC[C@H]2CCCNC2)c(Oc2ccccc2Cl)n1.O=C(O)/C=C/C(=O)O. The quantitative estimate of drug-likeness (QED) is 0.545. The van der Waals surface area contributed by atoms with Crippen molar-refractivity contribution in [2.75, 3.05) is 19.7 Å². The third-order valence-electron chi connectivity index (χ3n) is 4.25. The molecule has 0 radical (unpaired) electrons. The number of aliphatic carboxylic acids is 2. The van der Waals surface area contributed by atoms with Crippen LogP contribution in [-0.2, 0) is 9.59 Å². The number of carboxylic acids is 2. The number of ether oxygens (including phenoxy) is 2. The number of pyridine rings is 1. The van der Waals surface area contributed by atoms with E-state index < -0.39 is 11.9 Å². The minimum atomic E-state index is -1.26. The second-order valence-corrected chi connectivity index (χ2v) is 7.23. The lowest BCUT2D eigenvalue weighted by Crippen LogP contribution is -2.33. The van der Waals surface area contributed by atoms with Gasteiger partial charge in [0.15, 0.2) is 5.75 Å². The molecule has 1 aliphatic rings. The van der Waals surface area contributed by atoms with Gasteiger partial charge in [0.2, 0.25) is 0 Å². The predicted molar refractivity (Wildman–Crippen MR) is 116 cm³/mol. The van der Waals surface area contributed by atoms with Crippen LogP contribution < -0.4 is 14.8 Å². The predicted octanol–water partition coefficient (Wildman–Crippen LogP) is 3.93. The normalized spacial score (nSPS) is 15.6. The first-order chi connectivity index (χ1) is 14.8. The smallest absolute Gasteiger partial charge is 0.328 e. The Hall–Kier alpha value is -3.10. The molecular weight excluding hydrogens is 424 g/mol. The Morgan fingerprint density at radius 1 is 1.16 bits per heavy atom. The van der Waals surface area contributed by atoms with Crippen LogP contribution in [0, 0.1) is 12.8 Å². The molecule has 3 N–H and O–H groups in total. The monoisotopic (exact) mass is 448 g/mol. The molecule has 166 valence electrons. The van der Waals surface area contributed by atoms with Gasteiger partial charge >= 0.3 is 11.9 Å². The van der Waals surface area contributed by atoms with Crippen molar-refractivity contribution in [3.8, 4) is 17.4 Å². The minimum absolute atomic E-state index is 0.460. The number of halogens is 1. The van der Waals surface area contributed by atoms with E-state index in [-0.39, 0.29) is 0 Å². The highest BCUT2D eigenvalue weighted by molar-refractivity contribution is 6.32. The van der Waals surface area contributed by atoms with E-state index in [1.165, 1.54) is 12.8 Å². The van der Waals surface area contributed by atoms with Crippen molar-refractivity contribution in [1.29, 1.82) is 0 Å². The number of hydrogen-bond acceptors (Lipinski definition) is 6. The fourth-order valence-electron chi connectivity index (χ4n) is 2.75. The van der Waals surface area contributed by atoms with Gasteiger partial charge in [-0.2, -0.15) is 0 Å². The van der Waals surface area contributed by atoms with Gasteiger partial charge in [0, 0.05) is 30.3 Å². The van der Waals surface area contributed by atoms with Crippen molar-refractivity contribution in [3.63, 3.8) is 0 Å². The molecule has 0 aliphatic carbocycles. The van der Waals surface area contributed by atoms with Crippen LogP contribution in [0.25, 0.3) is 0 Å². The van der Waals surface area contributed by atoms with Gasteiger partial charge in [-0.1, -0.05) is 23.7 Å². The zero-order chi connectivity index (χ0) is 22.6. The van der Waals surface area contributed by atoms with E-state index in [4.69, 9.17) is 31.3 Å². The Labute approximate surface area is 185 Å². The topological polar surface area (TPSA) is 118 Å². The number of piperidine rings is 1. The highest BCUT2D eigenvalue weighted by atomic mass is 35.5. The van der Waals surface area contributed by atoms with Crippen molar-refractivity contribution in [3.05, 3.63) is 59.3 Å². The van der Waals surface area contributed by atoms with Crippen LogP contribution in [0.1, 0.15) is 18.5 Å². The number of para-hydroxylation sites is 1. The summed E-state index contributed by atoms with van der Waals surface area (Å²) in [6, 6.07) is 11.2. The number of benzene rings is 1. The van der Waals surface area contributed by atoms with Crippen LogP contribution in [-0.4, -0.2) is 46.8 Å². The summed E-state index contributed by atoms with van der Waals surface area (Å²) in [4.78, 5) is 23.6. The lowest BCUT2D eigenvalue weighted by molar-refractivity contribution is -0.134. The molecule has 3 rings (SSSR count). The zero-order valence-electron chi connectivity index (χ0n) is 17.1. The summed E-state index contributed by atoms with van der Waals surface area (Å²) in [5.74, 6) is -0.294. The molecule has 0 unspecified atom stereocenters. The lowest BCUT2D eigenvalue weighted by atomic mass is 10.0. The van der Waals surface area contributed by atoms with Crippen molar-refractivity contribution >= 4 is 23.5 Å². The highest BCUT2D eigenvalue weighted by Gasteiger charge is 2.16. The second-order valence-electron chi connectivity index (χ2n) is 6.82. The zero-order valence-corrected chi connectivity index (χ0v) is 17.8. The molecule has 8 nitrogen and oxygen atoms in total. The minimum Gasteiger partial charge on any atom is -0.488 e. The van der Waals surface area contributed by atoms with Crippen molar-refractivity contribution in [2.24, 2.45) is 5.92 Å². The summed E-state index contributed by atoms with van der Waals surface area (Å²) in [6.07, 6.45) is 3.50. The van der Waals surface area contributed by atoms with Crippen LogP contribution >= 0.6 is 11.6 Å². The van der Waals surface area contributed by atoms with Gasteiger partial charge in [0.1, 0.15) is 5.75 Å². The van der Waals surface area contributed by atoms with Crippen LogP contribution in [0.15, 0.2) is 48.6 Å². The van der Waals surface area contributed by atoms with Gasteiger partial charge in [0.25, 0.3) is 5.88 Å². The van der Waals surface area contributed by atoms with E-state index >= 15 is 0 Å². The average Bonchev–Trinajstić information content (AvgIpc) is 2.74. The molecule has 0 bridgehead atoms. The number of nitrogens with zero attached hydrogens (tertiary/aromatic N) is 1. The summed E-state index contributed by atoms with van der Waals surface area (Å²) < 4.78 is 11.9. The lowest BCUT2D eigenvalue weighted by Gasteiger charge is -2.23. The Morgan fingerprint density at radius 2 is 1.87 bits per heavy atom. The van der Waals surface area contributed by atoms with E-state index in [0.29, 0.717) is 47.1 Å². The van der Waals surface area contributed by atoms with Crippen LogP contribution in [0.4, 0.5) is 0 Å². The van der Waals surface area contributed by atoms with E-state index in [0.717, 1.165) is 18.8 Å². The molecule has 2 aromatic rings. The second kappa shape index (κ2) is 12.6. The van der Waals surface area contributed by atoms with Crippen LogP contribution in [0.3, 0.4) is 0 Å². The molecule has 1 fully saturated rings. The Kier molecular flexibility index (Phi) is 9.80. The molecule has 0 saturated carbocycles. The fourth-order valence-corrected chi connectivity index (χ4v) is 2.93. The average molecular weight is 449 g/mol. The molecular formula is C22H25ClN2O6. The number of aromatic nitrogens is 1. The molecule has 1 saturated heterocycles. The van der Waals surface area contributed by atoms with Gasteiger partial charge in [-0.3, -0.25) is 0 Å². The largest absolute Gasteiger partial charge is 0.488 e. The van der Waals surface area contributed by atoms with Crippen LogP contribution in [0.5, 0.6) is 17.4 Å². The third kappa shape index (κ3) is 9.06.